The van der Waals surface area contributed by atoms with Gasteiger partial charge in [0.15, 0.2) is 0 Å². The van der Waals surface area contributed by atoms with Crippen LogP contribution in [0.15, 0.2) is 24.5 Å². The zero-order chi connectivity index (χ0) is 13.3. The highest BCUT2D eigenvalue weighted by molar-refractivity contribution is 5.09. The number of pyridine rings is 1. The van der Waals surface area contributed by atoms with E-state index in [2.05, 4.69) is 34.3 Å². The van der Waals surface area contributed by atoms with Gasteiger partial charge in [-0.05, 0) is 69.4 Å². The highest BCUT2D eigenvalue weighted by atomic mass is 15.1. The summed E-state index contributed by atoms with van der Waals surface area (Å²) in [7, 11) is 0. The maximum atomic E-state index is 4.07. The van der Waals surface area contributed by atoms with Crippen LogP contribution >= 0.6 is 0 Å². The van der Waals surface area contributed by atoms with Crippen LogP contribution in [0, 0.1) is 0 Å². The van der Waals surface area contributed by atoms with Crippen molar-refractivity contribution >= 4 is 0 Å². The molecular formula is C16H27N3. The molecule has 1 aromatic heterocycles. The third-order valence-electron chi connectivity index (χ3n) is 4.10. The number of rotatable bonds is 8. The molecule has 1 aromatic rings. The third kappa shape index (κ3) is 5.29. The Kier molecular flexibility index (Phi) is 6.31. The summed E-state index contributed by atoms with van der Waals surface area (Å²) in [6.45, 7) is 7.05. The van der Waals surface area contributed by atoms with Gasteiger partial charge >= 0.3 is 0 Å². The molecule has 0 saturated carbocycles. The molecule has 0 bridgehead atoms. The van der Waals surface area contributed by atoms with Gasteiger partial charge in [-0.2, -0.15) is 0 Å². The molecule has 1 fully saturated rings. The number of hydrogen-bond acceptors (Lipinski definition) is 3. The molecule has 0 aromatic carbocycles. The molecule has 0 amide bonds. The van der Waals surface area contributed by atoms with Crippen molar-refractivity contribution in [2.75, 3.05) is 26.2 Å². The van der Waals surface area contributed by atoms with Gasteiger partial charge in [-0.15, -0.1) is 0 Å². The lowest BCUT2D eigenvalue weighted by molar-refractivity contribution is 0.280. The summed E-state index contributed by atoms with van der Waals surface area (Å²) >= 11 is 0. The van der Waals surface area contributed by atoms with E-state index in [0.29, 0.717) is 0 Å². The monoisotopic (exact) mass is 261 g/mol. The molecule has 1 saturated heterocycles. The van der Waals surface area contributed by atoms with Crippen molar-refractivity contribution in [2.24, 2.45) is 0 Å². The normalized spacial score (nSPS) is 19.2. The first-order valence-electron chi connectivity index (χ1n) is 7.73. The molecule has 106 valence electrons. The summed E-state index contributed by atoms with van der Waals surface area (Å²) < 4.78 is 0. The van der Waals surface area contributed by atoms with Gasteiger partial charge in [-0.25, -0.2) is 0 Å². The number of nitrogens with one attached hydrogen (secondary N) is 1. The van der Waals surface area contributed by atoms with E-state index in [4.69, 9.17) is 0 Å². The van der Waals surface area contributed by atoms with Crippen LogP contribution in [0.2, 0.25) is 0 Å². The maximum absolute atomic E-state index is 4.07. The second-order valence-corrected chi connectivity index (χ2v) is 5.48. The van der Waals surface area contributed by atoms with Crippen molar-refractivity contribution in [3.63, 3.8) is 0 Å². The molecule has 1 N–H and O–H groups in total. The molecule has 0 aliphatic carbocycles. The average Bonchev–Trinajstić information content (AvgIpc) is 2.97. The SMILES string of the molecule is CCN(CCCC1CCCN1)CCc1ccncc1. The fraction of sp³-hybridized carbons (Fsp3) is 0.688. The summed E-state index contributed by atoms with van der Waals surface area (Å²) in [6.07, 6.45) is 10.3. The second-order valence-electron chi connectivity index (χ2n) is 5.48. The van der Waals surface area contributed by atoms with Crippen LogP contribution < -0.4 is 5.32 Å². The van der Waals surface area contributed by atoms with E-state index in [9.17, 15) is 0 Å². The maximum Gasteiger partial charge on any atom is 0.0270 e. The minimum absolute atomic E-state index is 0.791. The summed E-state index contributed by atoms with van der Waals surface area (Å²) in [5.74, 6) is 0. The van der Waals surface area contributed by atoms with Gasteiger partial charge in [0.05, 0.1) is 0 Å². The first kappa shape index (κ1) is 14.5. The molecular weight excluding hydrogens is 234 g/mol. The van der Waals surface area contributed by atoms with Crippen LogP contribution in [0.25, 0.3) is 0 Å². The van der Waals surface area contributed by atoms with Crippen molar-refractivity contribution < 1.29 is 0 Å². The summed E-state index contributed by atoms with van der Waals surface area (Å²) in [6, 6.07) is 5.03. The van der Waals surface area contributed by atoms with Gasteiger partial charge < -0.3 is 10.2 Å². The minimum Gasteiger partial charge on any atom is -0.314 e. The van der Waals surface area contributed by atoms with Crippen LogP contribution in [0.3, 0.4) is 0 Å². The van der Waals surface area contributed by atoms with Crippen LogP contribution in [0.5, 0.6) is 0 Å². The number of likely N-dealkylation sites (N-methyl/N-ethyl adjacent to an activating group) is 1. The summed E-state index contributed by atoms with van der Waals surface area (Å²) in [5, 5.41) is 3.58. The van der Waals surface area contributed by atoms with E-state index >= 15 is 0 Å². The van der Waals surface area contributed by atoms with Crippen molar-refractivity contribution in [1.82, 2.24) is 15.2 Å². The van der Waals surface area contributed by atoms with E-state index in [1.54, 1.807) is 0 Å². The zero-order valence-corrected chi connectivity index (χ0v) is 12.1. The Morgan fingerprint density at radius 2 is 2.16 bits per heavy atom. The molecule has 3 heteroatoms. The first-order valence-corrected chi connectivity index (χ1v) is 7.73. The number of nitrogens with zero attached hydrogens (tertiary/aromatic N) is 2. The van der Waals surface area contributed by atoms with Crippen LogP contribution in [-0.2, 0) is 6.42 Å². The summed E-state index contributed by atoms with van der Waals surface area (Å²) in [5.41, 5.74) is 1.39. The summed E-state index contributed by atoms with van der Waals surface area (Å²) in [4.78, 5) is 6.63. The van der Waals surface area contributed by atoms with E-state index in [-0.39, 0.29) is 0 Å². The number of hydrogen-bond donors (Lipinski definition) is 1. The second kappa shape index (κ2) is 8.28. The Labute approximate surface area is 117 Å². The highest BCUT2D eigenvalue weighted by Gasteiger charge is 2.13. The topological polar surface area (TPSA) is 28.2 Å². The quantitative estimate of drug-likeness (QED) is 0.779. The van der Waals surface area contributed by atoms with Gasteiger partial charge in [-0.3, -0.25) is 4.98 Å². The fourth-order valence-electron chi connectivity index (χ4n) is 2.83. The van der Waals surface area contributed by atoms with Crippen LogP contribution in [-0.4, -0.2) is 42.1 Å². The van der Waals surface area contributed by atoms with E-state index in [0.717, 1.165) is 19.0 Å². The van der Waals surface area contributed by atoms with Crippen molar-refractivity contribution in [2.45, 2.75) is 45.1 Å². The molecule has 2 heterocycles. The molecule has 1 unspecified atom stereocenters. The largest absolute Gasteiger partial charge is 0.314 e. The lowest BCUT2D eigenvalue weighted by Crippen LogP contribution is -2.29. The smallest absolute Gasteiger partial charge is 0.0270 e. The third-order valence-corrected chi connectivity index (χ3v) is 4.10. The van der Waals surface area contributed by atoms with E-state index in [1.165, 1.54) is 50.9 Å². The molecule has 19 heavy (non-hydrogen) atoms. The Bertz CT molecular complexity index is 333. The van der Waals surface area contributed by atoms with Crippen LogP contribution in [0.1, 0.15) is 38.2 Å². The molecule has 1 aliphatic heterocycles. The Balaban J connectivity index is 1.62. The lowest BCUT2D eigenvalue weighted by Gasteiger charge is -2.21. The van der Waals surface area contributed by atoms with Crippen LogP contribution in [0.4, 0.5) is 0 Å². The van der Waals surface area contributed by atoms with Crippen molar-refractivity contribution in [1.29, 1.82) is 0 Å². The van der Waals surface area contributed by atoms with Gasteiger partial charge in [0.1, 0.15) is 0 Å². The minimum atomic E-state index is 0.791. The fourth-order valence-corrected chi connectivity index (χ4v) is 2.83. The molecule has 2 rings (SSSR count). The first-order chi connectivity index (χ1) is 9.38. The molecule has 1 atom stereocenters. The van der Waals surface area contributed by atoms with E-state index in [1.807, 2.05) is 12.4 Å². The Morgan fingerprint density at radius 1 is 1.32 bits per heavy atom. The lowest BCUT2D eigenvalue weighted by atomic mass is 10.1. The number of aromatic nitrogens is 1. The molecule has 0 spiro atoms. The predicted octanol–water partition coefficient (Wildman–Crippen LogP) is 2.48. The van der Waals surface area contributed by atoms with Crippen molar-refractivity contribution in [3.8, 4) is 0 Å². The Hall–Kier alpha value is -0.930. The average molecular weight is 261 g/mol. The zero-order valence-electron chi connectivity index (χ0n) is 12.1. The van der Waals surface area contributed by atoms with Gasteiger partial charge in [0.25, 0.3) is 0 Å². The van der Waals surface area contributed by atoms with Gasteiger partial charge in [-0.1, -0.05) is 6.92 Å². The molecule has 3 nitrogen and oxygen atoms in total. The molecule has 0 radical (unpaired) electrons. The standard InChI is InChI=1S/C16H27N3/c1-2-19(13-4-6-16-5-3-10-18-16)14-9-15-7-11-17-12-8-15/h7-8,11-12,16,18H,2-6,9-10,13-14H2,1H3. The molecule has 1 aliphatic rings. The predicted molar refractivity (Wildman–Crippen MR) is 80.3 cm³/mol. The van der Waals surface area contributed by atoms with Gasteiger partial charge in [0.2, 0.25) is 0 Å². The highest BCUT2D eigenvalue weighted by Crippen LogP contribution is 2.11. The van der Waals surface area contributed by atoms with E-state index < -0.39 is 0 Å². The van der Waals surface area contributed by atoms with Crippen molar-refractivity contribution in [3.05, 3.63) is 30.1 Å². The van der Waals surface area contributed by atoms with Gasteiger partial charge in [0, 0.05) is 25.0 Å². The Morgan fingerprint density at radius 3 is 2.84 bits per heavy atom.